The Morgan fingerprint density at radius 3 is 2.90 bits per heavy atom. The van der Waals surface area contributed by atoms with Crippen molar-refractivity contribution < 1.29 is 18.3 Å². The van der Waals surface area contributed by atoms with Gasteiger partial charge in [-0.15, -0.1) is 0 Å². The van der Waals surface area contributed by atoms with Crippen LogP contribution in [-0.2, 0) is 9.53 Å². The molecule has 0 aromatic rings. The molecule has 0 aromatic carbocycles. The summed E-state index contributed by atoms with van der Waals surface area (Å²) in [5.74, 6) is -3.46. The Morgan fingerprint density at radius 1 is 1.70 bits per heavy atom. The zero-order valence-electron chi connectivity index (χ0n) is 11.6. The molecule has 0 radical (unpaired) electrons. The average molecular weight is 289 g/mol. The van der Waals surface area contributed by atoms with Gasteiger partial charge in [-0.3, -0.25) is 4.79 Å². The van der Waals surface area contributed by atoms with Crippen molar-refractivity contribution in [2.45, 2.75) is 37.3 Å². The number of allylic oxidation sites excluding steroid dienone is 2. The number of hydrogen-bond acceptors (Lipinski definition) is 4. The minimum absolute atomic E-state index is 0.126. The summed E-state index contributed by atoms with van der Waals surface area (Å²) in [6.45, 7) is -0.0928. The zero-order valence-corrected chi connectivity index (χ0v) is 11.6. The molecular weight excluding hydrogens is 268 g/mol. The second-order valence-electron chi connectivity index (χ2n) is 5.29. The van der Waals surface area contributed by atoms with E-state index in [1.54, 1.807) is 0 Å². The number of ether oxygens (including phenoxy) is 1. The summed E-state index contributed by atoms with van der Waals surface area (Å²) in [5, 5.41) is 3.06. The van der Waals surface area contributed by atoms with E-state index in [2.05, 4.69) is 5.32 Å². The van der Waals surface area contributed by atoms with Crippen LogP contribution in [0.5, 0.6) is 0 Å². The number of rotatable bonds is 5. The molecule has 7 heteroatoms. The number of alkyl halides is 2. The summed E-state index contributed by atoms with van der Waals surface area (Å²) in [5.41, 5.74) is 6.84. The molecular formula is C13H21F2N3O2. The molecule has 0 saturated carbocycles. The molecule has 0 bridgehead atoms. The number of nitrogens with zero attached hydrogens (tertiary/aromatic N) is 1. The maximum absolute atomic E-state index is 13.7. The van der Waals surface area contributed by atoms with Crippen LogP contribution in [0.15, 0.2) is 11.8 Å². The van der Waals surface area contributed by atoms with Crippen LogP contribution in [0.25, 0.3) is 0 Å². The lowest BCUT2D eigenvalue weighted by atomic mass is 10.0. The fraction of sp³-hybridized carbons (Fsp3) is 0.769. The van der Waals surface area contributed by atoms with Gasteiger partial charge < -0.3 is 20.7 Å². The van der Waals surface area contributed by atoms with Crippen molar-refractivity contribution in [1.82, 2.24) is 10.2 Å². The maximum atomic E-state index is 13.7. The van der Waals surface area contributed by atoms with Crippen LogP contribution in [0.1, 0.15) is 19.3 Å². The van der Waals surface area contributed by atoms with E-state index in [4.69, 9.17) is 10.5 Å². The molecule has 114 valence electrons. The number of nitrogens with two attached hydrogens (primary N) is 1. The molecule has 0 aromatic heterocycles. The summed E-state index contributed by atoms with van der Waals surface area (Å²) in [4.78, 5) is 13.2. The first kappa shape index (κ1) is 15.2. The molecule has 2 unspecified atom stereocenters. The van der Waals surface area contributed by atoms with E-state index in [1.165, 1.54) is 7.11 Å². The Kier molecular flexibility index (Phi) is 4.59. The minimum atomic E-state index is -3.02. The summed E-state index contributed by atoms with van der Waals surface area (Å²) >= 11 is 0. The third-order valence-electron chi connectivity index (χ3n) is 3.80. The second kappa shape index (κ2) is 6.05. The molecule has 0 spiro atoms. The molecule has 1 aliphatic carbocycles. The van der Waals surface area contributed by atoms with Crippen LogP contribution in [0, 0.1) is 0 Å². The lowest BCUT2D eigenvalue weighted by Gasteiger charge is -2.38. The second-order valence-corrected chi connectivity index (χ2v) is 5.29. The number of nitrogens with one attached hydrogen (secondary N) is 1. The number of methoxy groups -OCH3 is 1. The van der Waals surface area contributed by atoms with E-state index < -0.39 is 30.5 Å². The van der Waals surface area contributed by atoms with Crippen LogP contribution in [0.4, 0.5) is 8.78 Å². The fourth-order valence-corrected chi connectivity index (χ4v) is 2.41. The molecule has 2 rings (SSSR count). The molecule has 1 amide bonds. The van der Waals surface area contributed by atoms with E-state index in [-0.39, 0.29) is 19.5 Å². The van der Waals surface area contributed by atoms with Gasteiger partial charge in [-0.1, -0.05) is 6.08 Å². The summed E-state index contributed by atoms with van der Waals surface area (Å²) in [6, 6.07) is -0.800. The van der Waals surface area contributed by atoms with E-state index in [0.717, 1.165) is 23.4 Å². The van der Waals surface area contributed by atoms with Gasteiger partial charge in [0.25, 0.3) is 5.92 Å². The smallest absolute Gasteiger partial charge is 0.290 e. The number of carbonyl (C=O) groups is 1. The van der Waals surface area contributed by atoms with E-state index in [9.17, 15) is 13.6 Å². The summed E-state index contributed by atoms with van der Waals surface area (Å²) < 4.78 is 32.2. The standard InChI is InChI=1S/C13H21F2N3O2/c1-20-11-5-6-18(8-13(11,14)15)12(19)10(16)7-17-9-3-2-4-9/h3,10-11,17H,2,4-8,16H2,1H3. The van der Waals surface area contributed by atoms with Gasteiger partial charge in [0.2, 0.25) is 5.91 Å². The average Bonchev–Trinajstić information content (AvgIpc) is 2.34. The van der Waals surface area contributed by atoms with Crippen LogP contribution >= 0.6 is 0 Å². The molecule has 1 aliphatic heterocycles. The molecule has 2 aliphatic rings. The number of amides is 1. The first-order valence-electron chi connectivity index (χ1n) is 6.82. The molecule has 1 heterocycles. The van der Waals surface area contributed by atoms with Crippen molar-refractivity contribution in [1.29, 1.82) is 0 Å². The third-order valence-corrected chi connectivity index (χ3v) is 3.80. The lowest BCUT2D eigenvalue weighted by molar-refractivity contribution is -0.173. The Hall–Kier alpha value is -1.21. The number of carbonyl (C=O) groups excluding carboxylic acids is 1. The SMILES string of the molecule is COC1CCN(C(=O)C(N)CNC2=CCC2)CC1(F)F. The van der Waals surface area contributed by atoms with Crippen molar-refractivity contribution >= 4 is 5.91 Å². The van der Waals surface area contributed by atoms with E-state index >= 15 is 0 Å². The lowest BCUT2D eigenvalue weighted by Crippen LogP contribution is -2.58. The Balaban J connectivity index is 1.85. The Bertz CT molecular complexity index is 401. The maximum Gasteiger partial charge on any atom is 0.290 e. The Morgan fingerprint density at radius 2 is 2.40 bits per heavy atom. The van der Waals surface area contributed by atoms with Gasteiger partial charge >= 0.3 is 0 Å². The monoisotopic (exact) mass is 289 g/mol. The van der Waals surface area contributed by atoms with Crippen molar-refractivity contribution in [3.05, 3.63) is 11.8 Å². The first-order chi connectivity index (χ1) is 9.44. The van der Waals surface area contributed by atoms with Gasteiger partial charge in [-0.2, -0.15) is 0 Å². The number of hydrogen-bond donors (Lipinski definition) is 2. The topological polar surface area (TPSA) is 67.6 Å². The third kappa shape index (κ3) is 3.27. The molecule has 1 fully saturated rings. The molecule has 2 atom stereocenters. The van der Waals surface area contributed by atoms with Crippen LogP contribution in [0.2, 0.25) is 0 Å². The first-order valence-corrected chi connectivity index (χ1v) is 6.82. The predicted molar refractivity (Wildman–Crippen MR) is 70.2 cm³/mol. The fourth-order valence-electron chi connectivity index (χ4n) is 2.41. The number of likely N-dealkylation sites (tertiary alicyclic amines) is 1. The normalized spacial score (nSPS) is 26.5. The van der Waals surface area contributed by atoms with E-state index in [1.807, 2.05) is 6.08 Å². The summed E-state index contributed by atoms with van der Waals surface area (Å²) in [7, 11) is 1.26. The molecule has 3 N–H and O–H groups in total. The van der Waals surface area contributed by atoms with Gasteiger partial charge in [-0.25, -0.2) is 8.78 Å². The highest BCUT2D eigenvalue weighted by Gasteiger charge is 2.46. The highest BCUT2D eigenvalue weighted by atomic mass is 19.3. The predicted octanol–water partition coefficient (Wildman–Crippen LogP) is 0.464. The Labute approximate surface area is 117 Å². The number of halogens is 2. The highest BCUT2D eigenvalue weighted by Crippen LogP contribution is 2.29. The minimum Gasteiger partial charge on any atom is -0.386 e. The highest BCUT2D eigenvalue weighted by molar-refractivity contribution is 5.82. The van der Waals surface area contributed by atoms with Crippen molar-refractivity contribution in [2.24, 2.45) is 5.73 Å². The van der Waals surface area contributed by atoms with Gasteiger partial charge in [0.05, 0.1) is 6.54 Å². The summed E-state index contributed by atoms with van der Waals surface area (Å²) in [6.07, 6.45) is 3.01. The van der Waals surface area contributed by atoms with Crippen molar-refractivity contribution in [3.63, 3.8) is 0 Å². The van der Waals surface area contributed by atoms with Crippen LogP contribution in [-0.4, -0.2) is 55.6 Å². The van der Waals surface area contributed by atoms with Gasteiger partial charge in [0, 0.05) is 25.9 Å². The van der Waals surface area contributed by atoms with E-state index in [0.29, 0.717) is 0 Å². The largest absolute Gasteiger partial charge is 0.386 e. The van der Waals surface area contributed by atoms with Gasteiger partial charge in [0.15, 0.2) is 0 Å². The zero-order chi connectivity index (χ0) is 14.8. The van der Waals surface area contributed by atoms with Crippen molar-refractivity contribution in [2.75, 3.05) is 26.7 Å². The van der Waals surface area contributed by atoms with Gasteiger partial charge in [0.1, 0.15) is 12.1 Å². The molecule has 20 heavy (non-hydrogen) atoms. The quantitative estimate of drug-likeness (QED) is 0.772. The van der Waals surface area contributed by atoms with Crippen LogP contribution < -0.4 is 11.1 Å². The van der Waals surface area contributed by atoms with Crippen molar-refractivity contribution in [3.8, 4) is 0 Å². The van der Waals surface area contributed by atoms with Crippen LogP contribution in [0.3, 0.4) is 0 Å². The molecule has 1 saturated heterocycles. The number of piperidine rings is 1. The van der Waals surface area contributed by atoms with Gasteiger partial charge in [-0.05, 0) is 19.3 Å². The molecule has 5 nitrogen and oxygen atoms in total.